The number of fused-ring (bicyclic) bond motifs is 1. The summed E-state index contributed by atoms with van der Waals surface area (Å²) in [5, 5.41) is 14.9. The highest BCUT2D eigenvalue weighted by atomic mass is 16.3. The van der Waals surface area contributed by atoms with Crippen LogP contribution in [0.2, 0.25) is 0 Å². The summed E-state index contributed by atoms with van der Waals surface area (Å²) in [5.41, 5.74) is 1.40. The Balaban J connectivity index is 1.58. The van der Waals surface area contributed by atoms with Crippen molar-refractivity contribution in [1.29, 1.82) is 0 Å². The number of hydrogen-bond acceptors (Lipinski definition) is 5. The van der Waals surface area contributed by atoms with Crippen LogP contribution in [0.5, 0.6) is 0 Å². The molecule has 0 saturated heterocycles. The minimum atomic E-state index is -1.00. The molecule has 1 fully saturated rings. The van der Waals surface area contributed by atoms with Gasteiger partial charge >= 0.3 is 0 Å². The summed E-state index contributed by atoms with van der Waals surface area (Å²) in [4.78, 5) is 33.1. The topological polar surface area (TPSA) is 104 Å². The Kier molecular flexibility index (Phi) is 6.12. The van der Waals surface area contributed by atoms with Crippen molar-refractivity contribution in [2.45, 2.75) is 38.1 Å². The molecule has 3 rings (SSSR count). The summed E-state index contributed by atoms with van der Waals surface area (Å²) >= 11 is 0. The second kappa shape index (κ2) is 8.71. The zero-order valence-corrected chi connectivity index (χ0v) is 14.6. The highest BCUT2D eigenvalue weighted by Gasteiger charge is 2.23. The molecule has 138 valence electrons. The molecule has 0 bridgehead atoms. The average Bonchev–Trinajstić information content (AvgIpc) is 2.70. The third-order valence-electron chi connectivity index (χ3n) is 4.78. The Morgan fingerprint density at radius 3 is 2.62 bits per heavy atom. The van der Waals surface area contributed by atoms with Crippen molar-refractivity contribution in [2.75, 3.05) is 13.2 Å². The van der Waals surface area contributed by atoms with Gasteiger partial charge in [-0.25, -0.2) is 4.98 Å². The number of amides is 2. The lowest BCUT2D eigenvalue weighted by Crippen LogP contribution is -2.50. The summed E-state index contributed by atoms with van der Waals surface area (Å²) < 4.78 is 0. The van der Waals surface area contributed by atoms with Gasteiger partial charge in [0.25, 0.3) is 5.91 Å². The van der Waals surface area contributed by atoms with Gasteiger partial charge in [0.05, 0.1) is 23.8 Å². The van der Waals surface area contributed by atoms with E-state index in [0.717, 1.165) is 12.8 Å². The lowest BCUT2D eigenvalue weighted by atomic mass is 9.89. The van der Waals surface area contributed by atoms with E-state index in [0.29, 0.717) is 23.5 Å². The standard InChI is InChI=1S/C19H24N4O3/c24-12-17(18(25)21-10-13-6-2-1-3-7-13)23-19(26)16-11-20-14-8-4-5-9-15(14)22-16/h4-5,8-9,11,13,17,24H,1-3,6-7,10,12H2,(H,21,25)(H,23,26). The molecule has 7 heteroatoms. The summed E-state index contributed by atoms with van der Waals surface area (Å²) in [5.74, 6) is -0.426. The molecule has 1 aliphatic rings. The van der Waals surface area contributed by atoms with Crippen LogP contribution in [0, 0.1) is 5.92 Å². The summed E-state index contributed by atoms with van der Waals surface area (Å²) in [6.45, 7) is 0.115. The molecule has 2 aromatic rings. The molecule has 26 heavy (non-hydrogen) atoms. The zero-order chi connectivity index (χ0) is 18.4. The van der Waals surface area contributed by atoms with Crippen molar-refractivity contribution in [3.8, 4) is 0 Å². The fraction of sp³-hybridized carbons (Fsp3) is 0.474. The molecule has 7 nitrogen and oxygen atoms in total. The van der Waals surface area contributed by atoms with E-state index in [-0.39, 0.29) is 11.6 Å². The van der Waals surface area contributed by atoms with Gasteiger partial charge in [-0.3, -0.25) is 14.6 Å². The molecule has 3 N–H and O–H groups in total. The maximum absolute atomic E-state index is 12.4. The smallest absolute Gasteiger partial charge is 0.272 e. The number of carbonyl (C=O) groups excluding carboxylic acids is 2. The van der Waals surface area contributed by atoms with E-state index < -0.39 is 18.6 Å². The van der Waals surface area contributed by atoms with E-state index in [1.54, 1.807) is 12.1 Å². The Bertz CT molecular complexity index is 774. The third kappa shape index (κ3) is 4.54. The quantitative estimate of drug-likeness (QED) is 0.726. The number of benzene rings is 1. The van der Waals surface area contributed by atoms with Gasteiger partial charge in [0.2, 0.25) is 5.91 Å². The maximum Gasteiger partial charge on any atom is 0.272 e. The van der Waals surface area contributed by atoms with Crippen molar-refractivity contribution in [1.82, 2.24) is 20.6 Å². The van der Waals surface area contributed by atoms with E-state index in [1.807, 2.05) is 12.1 Å². The number of nitrogens with one attached hydrogen (secondary N) is 2. The molecular formula is C19H24N4O3. The number of aliphatic hydroxyl groups is 1. The Morgan fingerprint density at radius 1 is 1.15 bits per heavy atom. The SMILES string of the molecule is O=C(NC(CO)C(=O)NCC1CCCCC1)c1cnc2ccccc2n1. The molecule has 1 aromatic carbocycles. The predicted molar refractivity (Wildman–Crippen MR) is 97.5 cm³/mol. The lowest BCUT2D eigenvalue weighted by Gasteiger charge is -2.23. The van der Waals surface area contributed by atoms with Crippen LogP contribution in [0.25, 0.3) is 11.0 Å². The van der Waals surface area contributed by atoms with E-state index in [4.69, 9.17) is 0 Å². The monoisotopic (exact) mass is 356 g/mol. The molecule has 0 spiro atoms. The Morgan fingerprint density at radius 2 is 1.88 bits per heavy atom. The fourth-order valence-corrected chi connectivity index (χ4v) is 3.25. The van der Waals surface area contributed by atoms with Crippen molar-refractivity contribution in [3.63, 3.8) is 0 Å². The van der Waals surface area contributed by atoms with Gasteiger partial charge in [0.1, 0.15) is 11.7 Å². The highest BCUT2D eigenvalue weighted by molar-refractivity contribution is 5.97. The van der Waals surface area contributed by atoms with Crippen LogP contribution in [-0.4, -0.2) is 46.1 Å². The molecule has 1 atom stereocenters. The number of carbonyl (C=O) groups is 2. The molecule has 1 unspecified atom stereocenters. The molecular weight excluding hydrogens is 332 g/mol. The predicted octanol–water partition coefficient (Wildman–Crippen LogP) is 1.42. The van der Waals surface area contributed by atoms with Gasteiger partial charge in [-0.15, -0.1) is 0 Å². The van der Waals surface area contributed by atoms with Gasteiger partial charge in [-0.1, -0.05) is 31.4 Å². The second-order valence-corrected chi connectivity index (χ2v) is 6.70. The van der Waals surface area contributed by atoms with E-state index in [9.17, 15) is 14.7 Å². The third-order valence-corrected chi connectivity index (χ3v) is 4.78. The maximum atomic E-state index is 12.4. The van der Waals surface area contributed by atoms with Crippen LogP contribution in [0.3, 0.4) is 0 Å². The van der Waals surface area contributed by atoms with Crippen molar-refractivity contribution >= 4 is 22.8 Å². The molecule has 1 aromatic heterocycles. The van der Waals surface area contributed by atoms with Crippen molar-refractivity contribution in [3.05, 3.63) is 36.2 Å². The summed E-state index contributed by atoms with van der Waals surface area (Å²) in [6, 6.07) is 6.22. The van der Waals surface area contributed by atoms with Crippen LogP contribution in [0.15, 0.2) is 30.5 Å². The number of rotatable bonds is 6. The summed E-state index contributed by atoms with van der Waals surface area (Å²) in [7, 11) is 0. The van der Waals surface area contributed by atoms with Gasteiger partial charge in [-0.2, -0.15) is 0 Å². The Hall–Kier alpha value is -2.54. The first-order valence-electron chi connectivity index (χ1n) is 9.08. The number of aliphatic hydroxyl groups excluding tert-OH is 1. The van der Waals surface area contributed by atoms with Crippen LogP contribution >= 0.6 is 0 Å². The van der Waals surface area contributed by atoms with E-state index >= 15 is 0 Å². The van der Waals surface area contributed by atoms with Crippen LogP contribution in [-0.2, 0) is 4.79 Å². The number of nitrogens with zero attached hydrogens (tertiary/aromatic N) is 2. The molecule has 1 heterocycles. The lowest BCUT2D eigenvalue weighted by molar-refractivity contribution is -0.124. The largest absolute Gasteiger partial charge is 0.394 e. The van der Waals surface area contributed by atoms with Crippen LogP contribution in [0.4, 0.5) is 0 Å². The first kappa shape index (κ1) is 18.3. The van der Waals surface area contributed by atoms with Gasteiger partial charge in [0, 0.05) is 6.54 Å². The normalized spacial score (nSPS) is 16.2. The zero-order valence-electron chi connectivity index (χ0n) is 14.6. The second-order valence-electron chi connectivity index (χ2n) is 6.70. The summed E-state index contributed by atoms with van der Waals surface area (Å²) in [6.07, 6.45) is 7.24. The number of hydrogen-bond donors (Lipinski definition) is 3. The number of aromatic nitrogens is 2. The molecule has 1 saturated carbocycles. The average molecular weight is 356 g/mol. The Labute approximate surface area is 152 Å². The highest BCUT2D eigenvalue weighted by Crippen LogP contribution is 2.22. The minimum Gasteiger partial charge on any atom is -0.394 e. The molecule has 0 radical (unpaired) electrons. The van der Waals surface area contributed by atoms with Crippen LogP contribution < -0.4 is 10.6 Å². The minimum absolute atomic E-state index is 0.113. The molecule has 2 amide bonds. The molecule has 0 aliphatic heterocycles. The first-order valence-corrected chi connectivity index (χ1v) is 9.08. The van der Waals surface area contributed by atoms with Gasteiger partial charge in [-0.05, 0) is 30.9 Å². The van der Waals surface area contributed by atoms with Crippen molar-refractivity contribution < 1.29 is 14.7 Å². The van der Waals surface area contributed by atoms with Crippen molar-refractivity contribution in [2.24, 2.45) is 5.92 Å². The van der Waals surface area contributed by atoms with Gasteiger partial charge in [0.15, 0.2) is 0 Å². The van der Waals surface area contributed by atoms with E-state index in [1.165, 1.54) is 25.5 Å². The van der Waals surface area contributed by atoms with E-state index in [2.05, 4.69) is 20.6 Å². The van der Waals surface area contributed by atoms with Crippen LogP contribution in [0.1, 0.15) is 42.6 Å². The number of para-hydroxylation sites is 2. The fourth-order valence-electron chi connectivity index (χ4n) is 3.25. The van der Waals surface area contributed by atoms with Gasteiger partial charge < -0.3 is 15.7 Å². The first-order chi connectivity index (χ1) is 12.7. The molecule has 1 aliphatic carbocycles.